The molecule has 1 unspecified atom stereocenters. The van der Waals surface area contributed by atoms with Crippen LogP contribution in [0.1, 0.15) is 37.7 Å². The van der Waals surface area contributed by atoms with E-state index < -0.39 is 6.10 Å². The monoisotopic (exact) mass is 382 g/mol. The Bertz CT molecular complexity index is 599. The second-order valence-corrected chi connectivity index (χ2v) is 6.62. The Balaban J connectivity index is 0.00000364. The first-order valence-electron chi connectivity index (χ1n) is 9.36. The smallest absolute Gasteiger partial charge is 0.223 e. The van der Waals surface area contributed by atoms with E-state index in [1.165, 1.54) is 0 Å². The molecule has 0 spiro atoms. The van der Waals surface area contributed by atoms with E-state index in [4.69, 9.17) is 9.84 Å². The van der Waals surface area contributed by atoms with Crippen LogP contribution >= 0.6 is 0 Å². The first kappa shape index (κ1) is 24.2. The van der Waals surface area contributed by atoms with Gasteiger partial charge >= 0.3 is 0 Å². The summed E-state index contributed by atoms with van der Waals surface area (Å²) in [5.41, 5.74) is 1.13. The molecule has 0 aromatic heterocycles. The second kappa shape index (κ2) is 14.2. The number of ether oxygens (including phenoxy) is 1. The molecule has 2 N–H and O–H groups in total. The molecule has 2 rings (SSSR count). The van der Waals surface area contributed by atoms with Gasteiger partial charge in [0.2, 0.25) is 5.91 Å². The molecule has 6 heteroatoms. The molecule has 27 heavy (non-hydrogen) atoms. The number of benzene rings is 1. The molecule has 1 aromatic carbocycles. The molecule has 1 fully saturated rings. The predicted molar refractivity (Wildman–Crippen MR) is 106 cm³/mol. The fraction of sp³-hybridized carbons (Fsp3) is 0.571. The summed E-state index contributed by atoms with van der Waals surface area (Å²) in [7, 11) is 0. The SMILES string of the molecule is O=C1CCC[C@H](CCC(O)Cc2ccccc2)N1CC#CCOCCO.[Na]. The first-order valence-corrected chi connectivity index (χ1v) is 9.36. The van der Waals surface area contributed by atoms with Crippen LogP contribution in [0, 0.1) is 11.8 Å². The van der Waals surface area contributed by atoms with E-state index in [1.807, 2.05) is 35.2 Å². The minimum Gasteiger partial charge on any atom is -0.394 e. The molecule has 5 nitrogen and oxygen atoms in total. The summed E-state index contributed by atoms with van der Waals surface area (Å²) in [5.74, 6) is 6.01. The normalized spacial score (nSPS) is 17.6. The van der Waals surface area contributed by atoms with Gasteiger partial charge in [0, 0.05) is 42.0 Å². The molecule has 1 amide bonds. The number of carbonyl (C=O) groups is 1. The van der Waals surface area contributed by atoms with Crippen molar-refractivity contribution in [1.29, 1.82) is 0 Å². The number of aliphatic hydroxyl groups excluding tert-OH is 2. The van der Waals surface area contributed by atoms with Crippen molar-refractivity contribution in [1.82, 2.24) is 4.90 Å². The quantitative estimate of drug-likeness (QED) is 0.385. The summed E-state index contributed by atoms with van der Waals surface area (Å²) in [4.78, 5) is 14.1. The van der Waals surface area contributed by atoms with Crippen molar-refractivity contribution in [2.24, 2.45) is 0 Å². The van der Waals surface area contributed by atoms with Gasteiger partial charge in [-0.15, -0.1) is 0 Å². The zero-order valence-corrected chi connectivity index (χ0v) is 18.3. The number of hydrogen-bond acceptors (Lipinski definition) is 4. The van der Waals surface area contributed by atoms with Crippen LogP contribution in [-0.2, 0) is 16.0 Å². The standard InChI is InChI=1S/C21H29NO4.Na/c23-14-16-26-15-5-4-13-22-19(9-6-10-21(22)25)11-12-20(24)17-18-7-2-1-3-8-18;/h1-3,7-8,19-20,23-24H,6,9-17H2;/t19-,20?;/m1./s1. The Morgan fingerprint density at radius 3 is 2.78 bits per heavy atom. The Kier molecular flexibility index (Phi) is 12.7. The van der Waals surface area contributed by atoms with Gasteiger partial charge in [-0.1, -0.05) is 42.2 Å². The van der Waals surface area contributed by atoms with Gasteiger partial charge < -0.3 is 19.8 Å². The second-order valence-electron chi connectivity index (χ2n) is 6.62. The van der Waals surface area contributed by atoms with Crippen molar-refractivity contribution in [3.63, 3.8) is 0 Å². The van der Waals surface area contributed by atoms with Crippen LogP contribution in [0.15, 0.2) is 30.3 Å². The maximum atomic E-state index is 12.2. The molecule has 1 aromatic rings. The third-order valence-electron chi connectivity index (χ3n) is 4.62. The molecule has 0 saturated carbocycles. The van der Waals surface area contributed by atoms with Crippen molar-refractivity contribution in [2.45, 2.75) is 50.7 Å². The van der Waals surface area contributed by atoms with Crippen LogP contribution in [-0.4, -0.2) is 89.1 Å². The van der Waals surface area contributed by atoms with E-state index >= 15 is 0 Å². The zero-order valence-electron chi connectivity index (χ0n) is 16.3. The molecule has 143 valence electrons. The summed E-state index contributed by atoms with van der Waals surface area (Å²) < 4.78 is 5.10. The number of nitrogens with zero attached hydrogens (tertiary/aromatic N) is 1. The van der Waals surface area contributed by atoms with Gasteiger partial charge in [0.1, 0.15) is 6.61 Å². The average Bonchev–Trinajstić information content (AvgIpc) is 2.65. The number of hydrogen-bond donors (Lipinski definition) is 2. The van der Waals surface area contributed by atoms with Crippen molar-refractivity contribution < 1.29 is 19.7 Å². The van der Waals surface area contributed by atoms with Gasteiger partial charge in [-0.05, 0) is 37.7 Å². The topological polar surface area (TPSA) is 70.0 Å². The summed E-state index contributed by atoms with van der Waals surface area (Å²) in [6.07, 6.45) is 4.16. The van der Waals surface area contributed by atoms with Crippen LogP contribution < -0.4 is 0 Å². The summed E-state index contributed by atoms with van der Waals surface area (Å²) in [5, 5.41) is 19.0. The van der Waals surface area contributed by atoms with Gasteiger partial charge in [-0.25, -0.2) is 0 Å². The minimum atomic E-state index is -0.394. The molecule has 1 saturated heterocycles. The number of piperidine rings is 1. The molecule has 1 aliphatic heterocycles. The molecule has 2 atom stereocenters. The first-order chi connectivity index (χ1) is 12.7. The average molecular weight is 382 g/mol. The van der Waals surface area contributed by atoms with Crippen LogP contribution in [0.2, 0.25) is 0 Å². The Hall–Kier alpha value is -0.870. The molecule has 0 bridgehead atoms. The van der Waals surface area contributed by atoms with Gasteiger partial charge in [0.05, 0.1) is 25.9 Å². The van der Waals surface area contributed by atoms with Crippen LogP contribution in [0.4, 0.5) is 0 Å². The Labute approximate surface area is 184 Å². The number of aliphatic hydroxyl groups is 2. The number of likely N-dealkylation sites (tertiary alicyclic amines) is 1. The van der Waals surface area contributed by atoms with E-state index in [2.05, 4.69) is 11.8 Å². The number of amides is 1. The van der Waals surface area contributed by atoms with Gasteiger partial charge in [-0.2, -0.15) is 0 Å². The summed E-state index contributed by atoms with van der Waals surface area (Å²) >= 11 is 0. The molecular weight excluding hydrogens is 353 g/mol. The van der Waals surface area contributed by atoms with Crippen molar-refractivity contribution in [2.75, 3.05) is 26.4 Å². The minimum absolute atomic E-state index is 0. The molecule has 1 heterocycles. The van der Waals surface area contributed by atoms with Gasteiger partial charge in [0.25, 0.3) is 0 Å². The van der Waals surface area contributed by atoms with Crippen molar-refractivity contribution in [3.05, 3.63) is 35.9 Å². The fourth-order valence-electron chi connectivity index (χ4n) is 3.26. The molecule has 1 radical (unpaired) electrons. The van der Waals surface area contributed by atoms with Crippen LogP contribution in [0.3, 0.4) is 0 Å². The Morgan fingerprint density at radius 1 is 1.26 bits per heavy atom. The Morgan fingerprint density at radius 2 is 2.04 bits per heavy atom. The predicted octanol–water partition coefficient (Wildman–Crippen LogP) is 1.38. The zero-order chi connectivity index (χ0) is 18.6. The van der Waals surface area contributed by atoms with Crippen LogP contribution in [0.25, 0.3) is 0 Å². The van der Waals surface area contributed by atoms with E-state index in [9.17, 15) is 9.90 Å². The number of carbonyl (C=O) groups excluding carboxylic acids is 1. The number of rotatable bonds is 9. The van der Waals surface area contributed by atoms with Gasteiger partial charge in [-0.3, -0.25) is 4.79 Å². The third-order valence-corrected chi connectivity index (χ3v) is 4.62. The third kappa shape index (κ3) is 9.25. The van der Waals surface area contributed by atoms with Crippen molar-refractivity contribution in [3.8, 4) is 11.8 Å². The van der Waals surface area contributed by atoms with Crippen LogP contribution in [0.5, 0.6) is 0 Å². The van der Waals surface area contributed by atoms with E-state index in [0.717, 1.165) is 24.8 Å². The summed E-state index contributed by atoms with van der Waals surface area (Å²) in [6.45, 7) is 0.933. The summed E-state index contributed by atoms with van der Waals surface area (Å²) in [6, 6.07) is 10.1. The van der Waals surface area contributed by atoms with E-state index in [1.54, 1.807) is 0 Å². The largest absolute Gasteiger partial charge is 0.394 e. The van der Waals surface area contributed by atoms with E-state index in [0.29, 0.717) is 25.8 Å². The molecule has 1 aliphatic rings. The maximum absolute atomic E-state index is 12.2. The molecule has 0 aliphatic carbocycles. The van der Waals surface area contributed by atoms with E-state index in [-0.39, 0.29) is 61.3 Å². The fourth-order valence-corrected chi connectivity index (χ4v) is 3.26. The van der Waals surface area contributed by atoms with Gasteiger partial charge in [0.15, 0.2) is 0 Å². The van der Waals surface area contributed by atoms with Crippen molar-refractivity contribution >= 4 is 35.5 Å². The molecular formula is C21H29NNaO4. The maximum Gasteiger partial charge on any atom is 0.223 e.